The van der Waals surface area contributed by atoms with Crippen LogP contribution < -0.4 is 0 Å². The fourth-order valence-corrected chi connectivity index (χ4v) is 11.8. The van der Waals surface area contributed by atoms with Crippen LogP contribution in [0.4, 0.5) is 0 Å². The van der Waals surface area contributed by atoms with Crippen molar-refractivity contribution in [3.05, 3.63) is 11.6 Å². The molecule has 61 heavy (non-hydrogen) atoms. The number of aliphatic hydroxyl groups is 3. The summed E-state index contributed by atoms with van der Waals surface area (Å²) in [5.74, 6) is -7.01. The third-order valence-electron chi connectivity index (χ3n) is 15.9. The average Bonchev–Trinajstić information content (AvgIpc) is 3.71. The van der Waals surface area contributed by atoms with Gasteiger partial charge in [-0.25, -0.2) is 0 Å². The zero-order chi connectivity index (χ0) is 45.0. The van der Waals surface area contributed by atoms with Crippen LogP contribution in [0.2, 0.25) is 0 Å². The van der Waals surface area contributed by atoms with Crippen LogP contribution in [-0.4, -0.2) is 124 Å². The van der Waals surface area contributed by atoms with Crippen LogP contribution in [0.25, 0.3) is 0 Å². The first kappa shape index (κ1) is 48.9. The van der Waals surface area contributed by atoms with E-state index in [2.05, 4.69) is 27.7 Å². The van der Waals surface area contributed by atoms with Gasteiger partial charge in [0, 0.05) is 68.3 Å². The highest BCUT2D eigenvalue weighted by atomic mass is 16.8. The Morgan fingerprint density at radius 2 is 1.61 bits per heavy atom. The van der Waals surface area contributed by atoms with Crippen molar-refractivity contribution in [2.75, 3.05) is 13.7 Å². The van der Waals surface area contributed by atoms with Gasteiger partial charge in [-0.15, -0.1) is 0 Å². The number of carboxylic acids is 1. The standard InChI is InChI=1S/C47H78O14/c1-24(40(50)25(2)18-28(5)43(51)52)17-26(3)41-31(8)34(49)22-45(59-41)16-15-44(11,61-45)38-21-36(56-39-14-13-35(54-12)33(10)55-39)32(9)47(58-38)30(7)20-37(57-47)42-27(4)19-29(6)46(53,23-48)60-42/h17,25-39,41-42,48-49,53H,13-16,18-23H2,1-12H3,(H,51,52)/b24-17+/t25-,26-,27+,28+,29-,30+,31+,32+,33+,34+,35-,36-,37+,38-,39+,41+,42-,44+,45-,46-,47+/m1/s1. The molecule has 2 spiro atoms. The Morgan fingerprint density at radius 3 is 2.25 bits per heavy atom. The molecule has 0 aromatic heterocycles. The number of carboxylic acid groups (broad SMARTS) is 1. The Bertz CT molecular complexity index is 1570. The highest BCUT2D eigenvalue weighted by molar-refractivity contribution is 5.96. The molecule has 4 N–H and O–H groups in total. The number of Topliss-reactive ketones (excluding diaryl/α,β-unsaturated/α-hetero) is 1. The van der Waals surface area contributed by atoms with E-state index in [1.165, 1.54) is 0 Å². The predicted octanol–water partition coefficient (Wildman–Crippen LogP) is 6.15. The van der Waals surface area contributed by atoms with Gasteiger partial charge in [-0.2, -0.15) is 0 Å². The fraction of sp³-hybridized carbons (Fsp3) is 0.915. The first-order valence-corrected chi connectivity index (χ1v) is 23.2. The van der Waals surface area contributed by atoms with Gasteiger partial charge in [-0.1, -0.05) is 61.5 Å². The molecule has 6 fully saturated rings. The van der Waals surface area contributed by atoms with Gasteiger partial charge in [0.1, 0.15) is 0 Å². The summed E-state index contributed by atoms with van der Waals surface area (Å²) in [7, 11) is 1.70. The molecule has 6 aliphatic rings. The van der Waals surface area contributed by atoms with Crippen molar-refractivity contribution in [2.24, 2.45) is 47.3 Å². The van der Waals surface area contributed by atoms with Crippen molar-refractivity contribution in [1.82, 2.24) is 0 Å². The number of carbonyl (C=O) groups is 2. The van der Waals surface area contributed by atoms with E-state index in [9.17, 15) is 30.0 Å². The van der Waals surface area contributed by atoms with Crippen LogP contribution >= 0.6 is 0 Å². The molecule has 0 radical (unpaired) electrons. The Morgan fingerprint density at radius 1 is 0.902 bits per heavy atom. The average molecular weight is 867 g/mol. The van der Waals surface area contributed by atoms with Crippen molar-refractivity contribution in [3.63, 3.8) is 0 Å². The molecule has 0 bridgehead atoms. The molecule has 0 aliphatic carbocycles. The molecular formula is C47H78O14. The van der Waals surface area contributed by atoms with Crippen molar-refractivity contribution >= 4 is 11.8 Å². The summed E-state index contributed by atoms with van der Waals surface area (Å²) in [6.07, 6.45) is 3.25. The number of carbonyl (C=O) groups excluding carboxylic acids is 1. The van der Waals surface area contributed by atoms with Gasteiger partial charge >= 0.3 is 5.97 Å². The lowest BCUT2D eigenvalue weighted by molar-refractivity contribution is -0.390. The molecular weight excluding hydrogens is 789 g/mol. The molecule has 6 heterocycles. The molecule has 0 aromatic carbocycles. The van der Waals surface area contributed by atoms with Crippen molar-refractivity contribution < 1.29 is 67.9 Å². The lowest BCUT2D eigenvalue weighted by atomic mass is 9.76. The largest absolute Gasteiger partial charge is 0.481 e. The molecule has 6 aliphatic heterocycles. The van der Waals surface area contributed by atoms with E-state index in [1.54, 1.807) is 27.9 Å². The van der Waals surface area contributed by atoms with Gasteiger partial charge in [-0.3, -0.25) is 9.59 Å². The normalized spacial score (nSPS) is 48.6. The van der Waals surface area contributed by atoms with Crippen LogP contribution in [0.15, 0.2) is 11.6 Å². The Hall–Kier alpha value is -1.56. The molecule has 0 unspecified atom stereocenters. The molecule has 6 rings (SSSR count). The summed E-state index contributed by atoms with van der Waals surface area (Å²) in [5, 5.41) is 42.5. The zero-order valence-corrected chi connectivity index (χ0v) is 38.8. The molecule has 6 saturated heterocycles. The Kier molecular flexibility index (Phi) is 15.0. The minimum atomic E-state index is -1.66. The molecule has 0 aromatic rings. The number of hydrogen-bond donors (Lipinski definition) is 4. The van der Waals surface area contributed by atoms with Gasteiger partial charge in [0.2, 0.25) is 0 Å². The highest BCUT2D eigenvalue weighted by Crippen LogP contribution is 2.56. The minimum Gasteiger partial charge on any atom is -0.481 e. The minimum absolute atomic E-state index is 0.0130. The van der Waals surface area contributed by atoms with E-state index in [0.717, 1.165) is 6.42 Å². The number of ether oxygens (including phenoxy) is 8. The lowest BCUT2D eigenvalue weighted by Gasteiger charge is -2.54. The van der Waals surface area contributed by atoms with E-state index < -0.39 is 84.2 Å². The number of methoxy groups -OCH3 is 1. The second-order valence-electron chi connectivity index (χ2n) is 20.6. The summed E-state index contributed by atoms with van der Waals surface area (Å²) in [4.78, 5) is 24.8. The van der Waals surface area contributed by atoms with Gasteiger partial charge < -0.3 is 58.3 Å². The van der Waals surface area contributed by atoms with Gasteiger partial charge in [0.05, 0.1) is 67.0 Å². The van der Waals surface area contributed by atoms with Crippen molar-refractivity contribution in [1.29, 1.82) is 0 Å². The van der Waals surface area contributed by atoms with Crippen LogP contribution in [0, 0.1) is 47.3 Å². The zero-order valence-electron chi connectivity index (χ0n) is 38.8. The number of allylic oxidation sites excluding steroid dienone is 1. The summed E-state index contributed by atoms with van der Waals surface area (Å²) < 4.78 is 53.9. The Balaban J connectivity index is 1.24. The van der Waals surface area contributed by atoms with Gasteiger partial charge in [-0.05, 0) is 64.4 Å². The maximum Gasteiger partial charge on any atom is 0.306 e. The predicted molar refractivity (Wildman–Crippen MR) is 224 cm³/mol. The molecule has 14 nitrogen and oxygen atoms in total. The Labute approximate surface area is 363 Å². The number of hydrogen-bond acceptors (Lipinski definition) is 13. The summed E-state index contributed by atoms with van der Waals surface area (Å²) in [5.41, 5.74) is -0.326. The second kappa shape index (κ2) is 18.7. The fourth-order valence-electron chi connectivity index (χ4n) is 11.8. The first-order valence-electron chi connectivity index (χ1n) is 23.2. The van der Waals surface area contributed by atoms with Crippen molar-refractivity contribution in [3.8, 4) is 0 Å². The highest BCUT2D eigenvalue weighted by Gasteiger charge is 2.65. The monoisotopic (exact) mass is 867 g/mol. The summed E-state index contributed by atoms with van der Waals surface area (Å²) >= 11 is 0. The number of ketones is 1. The van der Waals surface area contributed by atoms with Gasteiger partial charge in [0.15, 0.2) is 29.4 Å². The summed E-state index contributed by atoms with van der Waals surface area (Å²) in [6.45, 7) is 20.9. The number of rotatable bonds is 13. The van der Waals surface area contributed by atoms with Crippen LogP contribution in [0.3, 0.4) is 0 Å². The van der Waals surface area contributed by atoms with Crippen LogP contribution in [0.1, 0.15) is 134 Å². The molecule has 21 atom stereocenters. The second-order valence-corrected chi connectivity index (χ2v) is 20.6. The first-order chi connectivity index (χ1) is 28.5. The van der Waals surface area contributed by atoms with Crippen molar-refractivity contribution in [2.45, 2.75) is 212 Å². The number of aliphatic carboxylic acids is 1. The van der Waals surface area contributed by atoms with Crippen LogP contribution in [0.5, 0.6) is 0 Å². The number of aliphatic hydroxyl groups excluding tert-OH is 2. The third-order valence-corrected chi connectivity index (χ3v) is 15.9. The molecule has 350 valence electrons. The maximum absolute atomic E-state index is 13.4. The smallest absolute Gasteiger partial charge is 0.306 e. The van der Waals surface area contributed by atoms with E-state index in [1.807, 2.05) is 33.8 Å². The van der Waals surface area contributed by atoms with E-state index in [4.69, 9.17) is 37.9 Å². The molecule has 14 heteroatoms. The topological polar surface area (TPSA) is 189 Å². The summed E-state index contributed by atoms with van der Waals surface area (Å²) in [6, 6.07) is 0. The maximum atomic E-state index is 13.4. The lowest BCUT2D eigenvalue weighted by Crippen LogP contribution is -2.63. The quantitative estimate of drug-likeness (QED) is 0.154. The third kappa shape index (κ3) is 9.71. The van der Waals surface area contributed by atoms with E-state index in [0.29, 0.717) is 44.1 Å². The SMILES string of the molecule is CO[C@@H]1CC[C@H](O[C@@H]2C[C@H]([C@]3(C)CC[C@]4(C[C@H](O)[C@H](C)[C@H]([C@H](C)/C=C(\C)C(=O)[C@H](C)C[C@H](C)C(=O)O)O4)O3)O[C@]3(O[C@H]([C@@H]4O[C@](O)(CO)[C@H](C)C[C@@H]4C)C[C@@H]3C)[C@H]2C)O[C@H]1C. The molecule has 0 saturated carbocycles. The van der Waals surface area contributed by atoms with Crippen LogP contribution in [-0.2, 0) is 47.5 Å². The van der Waals surface area contributed by atoms with Gasteiger partial charge in [0.25, 0.3) is 0 Å². The van der Waals surface area contributed by atoms with E-state index >= 15 is 0 Å². The van der Waals surface area contributed by atoms with E-state index in [-0.39, 0.29) is 72.4 Å². The molecule has 0 amide bonds.